The van der Waals surface area contributed by atoms with Crippen molar-refractivity contribution in [3.8, 4) is 0 Å². The fourth-order valence-corrected chi connectivity index (χ4v) is 1.74. The summed E-state index contributed by atoms with van der Waals surface area (Å²) in [5.41, 5.74) is 6.52. The van der Waals surface area contributed by atoms with Crippen molar-refractivity contribution >= 4 is 29.2 Å². The Balaban J connectivity index is 2.32. The molecule has 106 valence electrons. The van der Waals surface area contributed by atoms with Crippen LogP contribution in [0.25, 0.3) is 12.2 Å². The number of benzene rings is 2. The third-order valence-electron chi connectivity index (χ3n) is 2.80. The maximum Gasteiger partial charge on any atom is 0.346 e. The third-order valence-corrected chi connectivity index (χ3v) is 2.80. The van der Waals surface area contributed by atoms with Gasteiger partial charge in [0, 0.05) is 17.8 Å². The van der Waals surface area contributed by atoms with E-state index in [1.165, 1.54) is 12.1 Å². The molecule has 0 bridgehead atoms. The molecular formula is C14H11N3O4. The smallest absolute Gasteiger partial charge is 0.346 e. The van der Waals surface area contributed by atoms with Gasteiger partial charge >= 0.3 is 11.4 Å². The fraction of sp³-hybridized carbons (Fsp3) is 0. The van der Waals surface area contributed by atoms with Crippen molar-refractivity contribution in [1.82, 2.24) is 0 Å². The van der Waals surface area contributed by atoms with Gasteiger partial charge in [-0.2, -0.15) is 0 Å². The summed E-state index contributed by atoms with van der Waals surface area (Å²) in [4.78, 5) is 20.0. The molecule has 0 aromatic heterocycles. The lowest BCUT2D eigenvalue weighted by Crippen LogP contribution is -1.96. The van der Waals surface area contributed by atoms with Crippen LogP contribution in [-0.4, -0.2) is 9.85 Å². The van der Waals surface area contributed by atoms with Gasteiger partial charge < -0.3 is 5.73 Å². The zero-order valence-corrected chi connectivity index (χ0v) is 10.8. The van der Waals surface area contributed by atoms with Gasteiger partial charge in [0.1, 0.15) is 0 Å². The molecule has 0 amide bonds. The molecule has 2 aromatic carbocycles. The predicted octanol–water partition coefficient (Wildman–Crippen LogP) is 3.26. The standard InChI is InChI=1S/C14H11N3O4/c15-12-6-3-10(4-7-12)1-2-11-5-8-13(16(18)19)14(9-11)17(20)21/h1-9H,15H2/b2-1+. The number of anilines is 1. The van der Waals surface area contributed by atoms with Crippen LogP contribution in [-0.2, 0) is 0 Å². The molecule has 2 aromatic rings. The number of nitrogen functional groups attached to an aromatic ring is 1. The van der Waals surface area contributed by atoms with Gasteiger partial charge in [-0.3, -0.25) is 20.2 Å². The highest BCUT2D eigenvalue weighted by Crippen LogP contribution is 2.28. The number of nitrogens with zero attached hydrogens (tertiary/aromatic N) is 2. The highest BCUT2D eigenvalue weighted by molar-refractivity contribution is 5.72. The largest absolute Gasteiger partial charge is 0.399 e. The zero-order valence-electron chi connectivity index (χ0n) is 10.8. The van der Waals surface area contributed by atoms with Crippen LogP contribution in [0, 0.1) is 20.2 Å². The van der Waals surface area contributed by atoms with Gasteiger partial charge in [-0.05, 0) is 29.3 Å². The van der Waals surface area contributed by atoms with E-state index in [9.17, 15) is 20.2 Å². The summed E-state index contributed by atoms with van der Waals surface area (Å²) in [7, 11) is 0. The van der Waals surface area contributed by atoms with E-state index in [1.807, 2.05) is 0 Å². The molecular weight excluding hydrogens is 274 g/mol. The number of nitrogens with two attached hydrogens (primary N) is 1. The zero-order chi connectivity index (χ0) is 15.4. The first-order valence-electron chi connectivity index (χ1n) is 5.94. The second-order valence-electron chi connectivity index (χ2n) is 4.26. The maximum atomic E-state index is 10.9. The van der Waals surface area contributed by atoms with E-state index < -0.39 is 21.2 Å². The van der Waals surface area contributed by atoms with Crippen LogP contribution in [0.2, 0.25) is 0 Å². The average molecular weight is 285 g/mol. The van der Waals surface area contributed by atoms with Crippen LogP contribution in [0.1, 0.15) is 11.1 Å². The normalized spacial score (nSPS) is 10.7. The first kappa shape index (κ1) is 14.2. The molecule has 0 spiro atoms. The van der Waals surface area contributed by atoms with Gasteiger partial charge in [-0.1, -0.05) is 24.3 Å². The Labute approximate surface area is 119 Å². The summed E-state index contributed by atoms with van der Waals surface area (Å²) >= 11 is 0. The molecule has 0 aliphatic heterocycles. The summed E-state index contributed by atoms with van der Waals surface area (Å²) in [5, 5.41) is 21.6. The third kappa shape index (κ3) is 3.41. The van der Waals surface area contributed by atoms with E-state index in [2.05, 4.69) is 0 Å². The Hall–Kier alpha value is -3.22. The van der Waals surface area contributed by atoms with E-state index in [1.54, 1.807) is 36.4 Å². The molecule has 0 fully saturated rings. The molecule has 7 heteroatoms. The molecule has 0 saturated carbocycles. The summed E-state index contributed by atoms with van der Waals surface area (Å²) in [5.74, 6) is 0. The molecule has 21 heavy (non-hydrogen) atoms. The molecule has 0 unspecified atom stereocenters. The fourth-order valence-electron chi connectivity index (χ4n) is 1.74. The predicted molar refractivity (Wildman–Crippen MR) is 79.5 cm³/mol. The lowest BCUT2D eigenvalue weighted by atomic mass is 10.1. The van der Waals surface area contributed by atoms with Gasteiger partial charge in [0.2, 0.25) is 0 Å². The highest BCUT2D eigenvalue weighted by Gasteiger charge is 2.23. The Bertz CT molecular complexity index is 723. The van der Waals surface area contributed by atoms with Gasteiger partial charge in [0.05, 0.1) is 9.85 Å². The van der Waals surface area contributed by atoms with Crippen molar-refractivity contribution in [2.75, 3.05) is 5.73 Å². The van der Waals surface area contributed by atoms with Crippen molar-refractivity contribution in [1.29, 1.82) is 0 Å². The molecule has 7 nitrogen and oxygen atoms in total. The van der Waals surface area contributed by atoms with Crippen LogP contribution >= 0.6 is 0 Å². The summed E-state index contributed by atoms with van der Waals surface area (Å²) in [6, 6.07) is 10.8. The second-order valence-corrected chi connectivity index (χ2v) is 4.26. The van der Waals surface area contributed by atoms with E-state index in [4.69, 9.17) is 5.73 Å². The molecule has 0 aliphatic carbocycles. The minimum atomic E-state index is -0.772. The molecule has 0 radical (unpaired) electrons. The van der Waals surface area contributed by atoms with E-state index in [0.29, 0.717) is 11.3 Å². The minimum absolute atomic E-state index is 0.504. The first-order chi connectivity index (χ1) is 9.97. The maximum absolute atomic E-state index is 10.9. The lowest BCUT2D eigenvalue weighted by Gasteiger charge is -1.98. The van der Waals surface area contributed by atoms with Crippen LogP contribution < -0.4 is 5.73 Å². The van der Waals surface area contributed by atoms with Crippen molar-refractivity contribution in [2.24, 2.45) is 0 Å². The Morgan fingerprint density at radius 2 is 1.33 bits per heavy atom. The second kappa shape index (κ2) is 5.83. The van der Waals surface area contributed by atoms with Crippen LogP contribution in [0.5, 0.6) is 0 Å². The topological polar surface area (TPSA) is 112 Å². The van der Waals surface area contributed by atoms with Gasteiger partial charge in [0.15, 0.2) is 0 Å². The molecule has 0 saturated heterocycles. The first-order valence-corrected chi connectivity index (χ1v) is 5.94. The minimum Gasteiger partial charge on any atom is -0.399 e. The van der Waals surface area contributed by atoms with Gasteiger partial charge in [-0.25, -0.2) is 0 Å². The highest BCUT2D eigenvalue weighted by atomic mass is 16.6. The van der Waals surface area contributed by atoms with Crippen molar-refractivity contribution < 1.29 is 9.85 Å². The Kier molecular flexibility index (Phi) is 3.94. The van der Waals surface area contributed by atoms with Crippen LogP contribution in [0.3, 0.4) is 0 Å². The van der Waals surface area contributed by atoms with Crippen molar-refractivity contribution in [3.63, 3.8) is 0 Å². The number of nitro benzene ring substituents is 2. The molecule has 2 N–H and O–H groups in total. The molecule has 0 heterocycles. The average Bonchev–Trinajstić information content (AvgIpc) is 2.46. The van der Waals surface area contributed by atoms with Crippen molar-refractivity contribution in [2.45, 2.75) is 0 Å². The Morgan fingerprint density at radius 1 is 0.810 bits per heavy atom. The van der Waals surface area contributed by atoms with Crippen LogP contribution in [0.15, 0.2) is 42.5 Å². The van der Waals surface area contributed by atoms with Gasteiger partial charge in [0.25, 0.3) is 0 Å². The number of hydrogen-bond donors (Lipinski definition) is 1. The number of nitro groups is 2. The molecule has 2 rings (SSSR count). The monoisotopic (exact) mass is 285 g/mol. The molecule has 0 aliphatic rings. The summed E-state index contributed by atoms with van der Waals surface area (Å²) in [6.07, 6.45) is 3.38. The van der Waals surface area contributed by atoms with Gasteiger partial charge in [-0.15, -0.1) is 0 Å². The van der Waals surface area contributed by atoms with E-state index in [-0.39, 0.29) is 0 Å². The lowest BCUT2D eigenvalue weighted by molar-refractivity contribution is -0.422. The van der Waals surface area contributed by atoms with E-state index >= 15 is 0 Å². The van der Waals surface area contributed by atoms with Crippen LogP contribution in [0.4, 0.5) is 17.1 Å². The number of rotatable bonds is 4. The Morgan fingerprint density at radius 3 is 1.90 bits per heavy atom. The molecule has 0 atom stereocenters. The summed E-state index contributed by atoms with van der Waals surface area (Å²) in [6.45, 7) is 0. The SMILES string of the molecule is Nc1ccc(/C=C/c2ccc([N+](=O)[O-])c([N+](=O)[O-])c2)cc1. The van der Waals surface area contributed by atoms with E-state index in [0.717, 1.165) is 11.6 Å². The quantitative estimate of drug-likeness (QED) is 0.401. The summed E-state index contributed by atoms with van der Waals surface area (Å²) < 4.78 is 0. The van der Waals surface area contributed by atoms with Crippen molar-refractivity contribution in [3.05, 3.63) is 73.8 Å². The number of hydrogen-bond acceptors (Lipinski definition) is 5.